The molecule has 1 aliphatic heterocycles. The van der Waals surface area contributed by atoms with Crippen LogP contribution < -0.4 is 10.6 Å². The van der Waals surface area contributed by atoms with Crippen LogP contribution in [0, 0.1) is 11.8 Å². The fourth-order valence-electron chi connectivity index (χ4n) is 5.58. The van der Waals surface area contributed by atoms with Crippen LogP contribution in [0.25, 0.3) is 0 Å². The van der Waals surface area contributed by atoms with Crippen molar-refractivity contribution in [1.82, 2.24) is 10.6 Å². The summed E-state index contributed by atoms with van der Waals surface area (Å²) in [5.74, 6) is -1.58. The van der Waals surface area contributed by atoms with Crippen LogP contribution in [-0.4, -0.2) is 47.7 Å². The van der Waals surface area contributed by atoms with Crippen LogP contribution in [0.4, 0.5) is 0 Å². The lowest BCUT2D eigenvalue weighted by molar-refractivity contribution is -0.152. The number of aliphatic hydroxyl groups is 1. The molecular weight excluding hydrogens is 492 g/mol. The molecule has 1 saturated carbocycles. The molecular formula is C32H40N2O5. The van der Waals surface area contributed by atoms with Gasteiger partial charge in [0.2, 0.25) is 11.8 Å². The smallest absolute Gasteiger partial charge is 0.309 e. The Balaban J connectivity index is 1.45. The first-order valence-electron chi connectivity index (χ1n) is 14.1. The number of benzene rings is 2. The molecule has 0 radical (unpaired) electrons. The fraction of sp³-hybridized carbons (Fsp3) is 0.469. The van der Waals surface area contributed by atoms with Crippen molar-refractivity contribution in [2.24, 2.45) is 11.8 Å². The third-order valence-electron chi connectivity index (χ3n) is 7.82. The second kappa shape index (κ2) is 14.1. The highest BCUT2D eigenvalue weighted by Gasteiger charge is 2.39. The van der Waals surface area contributed by atoms with E-state index in [0.29, 0.717) is 25.7 Å². The summed E-state index contributed by atoms with van der Waals surface area (Å²) >= 11 is 0. The van der Waals surface area contributed by atoms with E-state index in [0.717, 1.165) is 36.8 Å². The van der Waals surface area contributed by atoms with E-state index in [1.807, 2.05) is 72.8 Å². The quantitative estimate of drug-likeness (QED) is 0.353. The number of amides is 2. The SMILES string of the molecule is O=C(CC1CC=CCC(Cc2ccccc2)C(=O)OCC2(CCCC2)NC1=O)NC(CO)Cc1ccccc1. The third-order valence-corrected chi connectivity index (χ3v) is 7.82. The Hall–Kier alpha value is -3.45. The van der Waals surface area contributed by atoms with Crippen molar-refractivity contribution >= 4 is 17.8 Å². The van der Waals surface area contributed by atoms with Crippen molar-refractivity contribution in [3.05, 3.63) is 83.9 Å². The molecule has 7 heteroatoms. The van der Waals surface area contributed by atoms with Gasteiger partial charge in [-0.3, -0.25) is 14.4 Å². The maximum atomic E-state index is 13.4. The van der Waals surface area contributed by atoms with E-state index in [2.05, 4.69) is 10.6 Å². The number of ether oxygens (including phenoxy) is 1. The molecule has 1 spiro atoms. The van der Waals surface area contributed by atoms with Gasteiger partial charge < -0.3 is 20.5 Å². The van der Waals surface area contributed by atoms with Crippen molar-refractivity contribution in [3.8, 4) is 0 Å². The molecule has 7 nitrogen and oxygen atoms in total. The van der Waals surface area contributed by atoms with Gasteiger partial charge in [-0.15, -0.1) is 0 Å². The lowest BCUT2D eigenvalue weighted by atomic mass is 9.92. The number of hydrogen-bond donors (Lipinski definition) is 3. The van der Waals surface area contributed by atoms with Crippen LogP contribution >= 0.6 is 0 Å². The molecule has 2 aromatic carbocycles. The Morgan fingerprint density at radius 2 is 1.56 bits per heavy atom. The molecule has 1 fully saturated rings. The third kappa shape index (κ3) is 8.52. The molecule has 2 aliphatic rings. The van der Waals surface area contributed by atoms with Gasteiger partial charge in [-0.05, 0) is 49.7 Å². The minimum Gasteiger partial charge on any atom is -0.463 e. The van der Waals surface area contributed by atoms with Gasteiger partial charge in [-0.1, -0.05) is 85.7 Å². The van der Waals surface area contributed by atoms with Gasteiger partial charge in [0, 0.05) is 6.42 Å². The number of allylic oxidation sites excluding steroid dienone is 2. The Kier molecular flexibility index (Phi) is 10.3. The predicted molar refractivity (Wildman–Crippen MR) is 150 cm³/mol. The van der Waals surface area contributed by atoms with Gasteiger partial charge in [0.15, 0.2) is 0 Å². The second-order valence-corrected chi connectivity index (χ2v) is 11.0. The van der Waals surface area contributed by atoms with E-state index >= 15 is 0 Å². The number of carbonyl (C=O) groups excluding carboxylic acids is 3. The number of carbonyl (C=O) groups is 3. The van der Waals surface area contributed by atoms with Gasteiger partial charge in [-0.2, -0.15) is 0 Å². The number of hydrogen-bond acceptors (Lipinski definition) is 5. The monoisotopic (exact) mass is 532 g/mol. The summed E-state index contributed by atoms with van der Waals surface area (Å²) in [6, 6.07) is 19.2. The molecule has 3 atom stereocenters. The van der Waals surface area contributed by atoms with Crippen molar-refractivity contribution in [3.63, 3.8) is 0 Å². The Morgan fingerprint density at radius 1 is 0.949 bits per heavy atom. The van der Waals surface area contributed by atoms with E-state index in [1.165, 1.54) is 0 Å². The number of esters is 1. The van der Waals surface area contributed by atoms with Crippen molar-refractivity contribution in [2.45, 2.75) is 69.4 Å². The summed E-state index contributed by atoms with van der Waals surface area (Å²) in [5.41, 5.74) is 1.50. The van der Waals surface area contributed by atoms with Crippen LogP contribution in [0.3, 0.4) is 0 Å². The van der Waals surface area contributed by atoms with Crippen molar-refractivity contribution < 1.29 is 24.2 Å². The molecule has 3 unspecified atom stereocenters. The minimum atomic E-state index is -0.595. The average Bonchev–Trinajstić information content (AvgIpc) is 3.41. The summed E-state index contributed by atoms with van der Waals surface area (Å²) in [6.45, 7) is -0.0379. The summed E-state index contributed by atoms with van der Waals surface area (Å²) in [6.07, 6.45) is 9.23. The van der Waals surface area contributed by atoms with Crippen molar-refractivity contribution in [2.75, 3.05) is 13.2 Å². The first-order chi connectivity index (χ1) is 19.0. The fourth-order valence-corrected chi connectivity index (χ4v) is 5.58. The maximum Gasteiger partial charge on any atom is 0.309 e. The van der Waals surface area contributed by atoms with Crippen LogP contribution in [0.15, 0.2) is 72.8 Å². The molecule has 208 valence electrons. The number of nitrogens with one attached hydrogen (secondary N) is 2. The molecule has 3 N–H and O–H groups in total. The number of aliphatic hydroxyl groups excluding tert-OH is 1. The van der Waals surface area contributed by atoms with Crippen LogP contribution in [-0.2, 0) is 32.0 Å². The van der Waals surface area contributed by atoms with E-state index in [-0.39, 0.29) is 43.3 Å². The van der Waals surface area contributed by atoms with E-state index in [9.17, 15) is 19.5 Å². The van der Waals surface area contributed by atoms with Gasteiger partial charge in [0.05, 0.1) is 30.0 Å². The largest absolute Gasteiger partial charge is 0.463 e. The van der Waals surface area contributed by atoms with Crippen LogP contribution in [0.1, 0.15) is 56.1 Å². The van der Waals surface area contributed by atoms with Crippen LogP contribution in [0.5, 0.6) is 0 Å². The average molecular weight is 533 g/mol. The summed E-state index contributed by atoms with van der Waals surface area (Å²) in [5, 5.41) is 15.9. The first-order valence-corrected chi connectivity index (χ1v) is 14.1. The summed E-state index contributed by atoms with van der Waals surface area (Å²) < 4.78 is 5.83. The van der Waals surface area contributed by atoms with E-state index < -0.39 is 17.5 Å². The highest BCUT2D eigenvalue weighted by Crippen LogP contribution is 2.32. The van der Waals surface area contributed by atoms with Gasteiger partial charge in [0.25, 0.3) is 0 Å². The highest BCUT2D eigenvalue weighted by molar-refractivity contribution is 5.86. The van der Waals surface area contributed by atoms with Crippen LogP contribution in [0.2, 0.25) is 0 Å². The maximum absolute atomic E-state index is 13.4. The first kappa shape index (κ1) is 28.6. The highest BCUT2D eigenvalue weighted by atomic mass is 16.5. The number of rotatable bonds is 8. The molecule has 0 saturated heterocycles. The molecule has 4 rings (SSSR count). The predicted octanol–water partition coefficient (Wildman–Crippen LogP) is 3.89. The Labute approximate surface area is 231 Å². The Bertz CT molecular complexity index is 1110. The zero-order valence-corrected chi connectivity index (χ0v) is 22.5. The number of cyclic esters (lactones) is 1. The molecule has 0 aromatic heterocycles. The lowest BCUT2D eigenvalue weighted by Crippen LogP contribution is -2.53. The summed E-state index contributed by atoms with van der Waals surface area (Å²) in [4.78, 5) is 39.5. The topological polar surface area (TPSA) is 105 Å². The molecule has 2 amide bonds. The zero-order chi connectivity index (χ0) is 27.5. The summed E-state index contributed by atoms with van der Waals surface area (Å²) in [7, 11) is 0. The van der Waals surface area contributed by atoms with Gasteiger partial charge >= 0.3 is 5.97 Å². The van der Waals surface area contributed by atoms with Gasteiger partial charge in [-0.25, -0.2) is 0 Å². The molecule has 1 heterocycles. The standard InChI is InChI=1S/C32H40N2O5/c35-22-28(20-25-13-5-2-6-14-25)33-29(36)21-26-15-7-8-16-27(19-24-11-3-1-4-12-24)31(38)39-23-32(34-30(26)37)17-9-10-18-32/h1-8,11-14,26-28,35H,9-10,15-23H2,(H,33,36)(H,34,37). The zero-order valence-electron chi connectivity index (χ0n) is 22.5. The molecule has 0 bridgehead atoms. The minimum absolute atomic E-state index is 0.0186. The second-order valence-electron chi connectivity index (χ2n) is 11.0. The molecule has 39 heavy (non-hydrogen) atoms. The molecule has 1 aliphatic carbocycles. The van der Waals surface area contributed by atoms with Gasteiger partial charge in [0.1, 0.15) is 6.61 Å². The molecule has 2 aromatic rings. The lowest BCUT2D eigenvalue weighted by Gasteiger charge is -2.32. The van der Waals surface area contributed by atoms with E-state index in [1.54, 1.807) is 0 Å². The van der Waals surface area contributed by atoms with E-state index in [4.69, 9.17) is 4.74 Å². The Morgan fingerprint density at radius 3 is 2.21 bits per heavy atom. The van der Waals surface area contributed by atoms with Crippen molar-refractivity contribution in [1.29, 1.82) is 0 Å². The normalized spacial score (nSPS) is 22.3.